The third kappa shape index (κ3) is 5.21. The minimum atomic E-state index is -0.235. The van der Waals surface area contributed by atoms with Gasteiger partial charge in [-0.15, -0.1) is 0 Å². The highest BCUT2D eigenvalue weighted by Gasteiger charge is 2.32. The number of piperazine rings is 1. The van der Waals surface area contributed by atoms with Crippen LogP contribution in [0.1, 0.15) is 32.3 Å². The van der Waals surface area contributed by atoms with E-state index in [1.165, 1.54) is 0 Å². The van der Waals surface area contributed by atoms with Crippen molar-refractivity contribution in [3.8, 4) is 0 Å². The van der Waals surface area contributed by atoms with E-state index in [-0.39, 0.29) is 23.9 Å². The fourth-order valence-corrected chi connectivity index (χ4v) is 3.53. The van der Waals surface area contributed by atoms with Gasteiger partial charge in [-0.25, -0.2) is 0 Å². The van der Waals surface area contributed by atoms with Crippen molar-refractivity contribution in [2.24, 2.45) is 0 Å². The van der Waals surface area contributed by atoms with Gasteiger partial charge in [-0.2, -0.15) is 0 Å². The van der Waals surface area contributed by atoms with Crippen LogP contribution >= 0.6 is 11.6 Å². The third-order valence-electron chi connectivity index (χ3n) is 5.58. The number of nitrogens with one attached hydrogen (secondary N) is 2. The number of carbonyl (C=O) groups is 2. The zero-order chi connectivity index (χ0) is 19.6. The number of anilines is 1. The summed E-state index contributed by atoms with van der Waals surface area (Å²) in [6.07, 6.45) is 2.20. The average Bonchev–Trinajstić information content (AvgIpc) is 3.47. The number of halogens is 1. The van der Waals surface area contributed by atoms with E-state index in [2.05, 4.69) is 20.4 Å². The van der Waals surface area contributed by atoms with Crippen molar-refractivity contribution in [3.05, 3.63) is 28.8 Å². The molecule has 0 aromatic heterocycles. The van der Waals surface area contributed by atoms with Crippen LogP contribution in [0.2, 0.25) is 5.02 Å². The second-order valence-corrected chi connectivity index (χ2v) is 8.09. The number of hydrogen-bond donors (Lipinski definition) is 2. The Bertz CT molecular complexity index is 699. The Kier molecular flexibility index (Phi) is 6.40. The molecule has 1 saturated heterocycles. The zero-order valence-electron chi connectivity index (χ0n) is 16.3. The predicted octanol–water partition coefficient (Wildman–Crippen LogP) is 2.26. The third-order valence-corrected chi connectivity index (χ3v) is 5.82. The summed E-state index contributed by atoms with van der Waals surface area (Å²) in [5.74, 6) is 0.0847. The summed E-state index contributed by atoms with van der Waals surface area (Å²) in [7, 11) is 0. The van der Waals surface area contributed by atoms with Crippen molar-refractivity contribution in [3.63, 3.8) is 0 Å². The van der Waals surface area contributed by atoms with Gasteiger partial charge in [0.25, 0.3) is 0 Å². The average molecular weight is 393 g/mol. The van der Waals surface area contributed by atoms with Crippen LogP contribution in [0, 0.1) is 6.92 Å². The Morgan fingerprint density at radius 2 is 1.59 bits per heavy atom. The van der Waals surface area contributed by atoms with Crippen LogP contribution in [0.3, 0.4) is 0 Å². The highest BCUT2D eigenvalue weighted by Crippen LogP contribution is 2.21. The Labute approximate surface area is 166 Å². The van der Waals surface area contributed by atoms with Crippen LogP contribution in [0.15, 0.2) is 18.2 Å². The summed E-state index contributed by atoms with van der Waals surface area (Å²) in [5.41, 5.74) is 1.74. The number of rotatable bonds is 6. The molecule has 7 heteroatoms. The van der Waals surface area contributed by atoms with E-state index < -0.39 is 0 Å². The predicted molar refractivity (Wildman–Crippen MR) is 108 cm³/mol. The molecule has 2 unspecified atom stereocenters. The molecule has 0 bridgehead atoms. The van der Waals surface area contributed by atoms with Crippen molar-refractivity contribution in [2.45, 2.75) is 51.7 Å². The number of hydrogen-bond acceptors (Lipinski definition) is 4. The molecule has 2 fully saturated rings. The first-order chi connectivity index (χ1) is 12.8. The number of benzene rings is 1. The molecule has 2 atom stereocenters. The molecule has 2 aliphatic rings. The lowest BCUT2D eigenvalue weighted by Gasteiger charge is -2.39. The maximum absolute atomic E-state index is 12.7. The summed E-state index contributed by atoms with van der Waals surface area (Å²) < 4.78 is 0. The number of carbonyl (C=O) groups excluding carboxylic acids is 2. The van der Waals surface area contributed by atoms with Gasteiger partial charge in [-0.3, -0.25) is 19.4 Å². The van der Waals surface area contributed by atoms with Gasteiger partial charge in [0.1, 0.15) is 0 Å². The maximum Gasteiger partial charge on any atom is 0.241 e. The van der Waals surface area contributed by atoms with Gasteiger partial charge in [0.15, 0.2) is 0 Å². The Morgan fingerprint density at radius 3 is 2.15 bits per heavy atom. The molecule has 1 aromatic carbocycles. The Hall–Kier alpha value is -1.63. The van der Waals surface area contributed by atoms with E-state index in [4.69, 9.17) is 11.6 Å². The van der Waals surface area contributed by atoms with Crippen LogP contribution in [-0.4, -0.2) is 65.9 Å². The maximum atomic E-state index is 12.7. The summed E-state index contributed by atoms with van der Waals surface area (Å²) in [6, 6.07) is 5.53. The van der Waals surface area contributed by atoms with Crippen LogP contribution < -0.4 is 10.6 Å². The SMILES string of the molecule is Cc1ccc(Cl)cc1NC(=O)C(C)N1CCN(C(C)C(=O)NC2CC2)CC1. The van der Waals surface area contributed by atoms with E-state index in [1.807, 2.05) is 32.9 Å². The molecule has 6 nitrogen and oxygen atoms in total. The first-order valence-electron chi connectivity index (χ1n) is 9.70. The fourth-order valence-electron chi connectivity index (χ4n) is 3.36. The lowest BCUT2D eigenvalue weighted by Crippen LogP contribution is -2.57. The van der Waals surface area contributed by atoms with Crippen molar-refractivity contribution in [2.75, 3.05) is 31.5 Å². The molecule has 148 valence electrons. The van der Waals surface area contributed by atoms with E-state index in [0.717, 1.165) is 50.3 Å². The lowest BCUT2D eigenvalue weighted by molar-refractivity contribution is -0.128. The van der Waals surface area contributed by atoms with Crippen LogP contribution in [0.4, 0.5) is 5.69 Å². The molecule has 1 aliphatic carbocycles. The lowest BCUT2D eigenvalue weighted by atomic mass is 10.1. The minimum Gasteiger partial charge on any atom is -0.352 e. The largest absolute Gasteiger partial charge is 0.352 e. The summed E-state index contributed by atoms with van der Waals surface area (Å²) in [6.45, 7) is 8.94. The van der Waals surface area contributed by atoms with Crippen LogP contribution in [-0.2, 0) is 9.59 Å². The standard InChI is InChI=1S/C20H29ClN4O2/c1-13-4-5-16(21)12-18(13)23-20(27)15(3)25-10-8-24(9-11-25)14(2)19(26)22-17-6-7-17/h4-5,12,14-15,17H,6-11H2,1-3H3,(H,22,26)(H,23,27). The summed E-state index contributed by atoms with van der Waals surface area (Å²) in [4.78, 5) is 29.2. The Morgan fingerprint density at radius 1 is 1.04 bits per heavy atom. The molecular formula is C20H29ClN4O2. The van der Waals surface area contributed by atoms with Crippen LogP contribution in [0.5, 0.6) is 0 Å². The fraction of sp³-hybridized carbons (Fsp3) is 0.600. The van der Waals surface area contributed by atoms with Crippen molar-refractivity contribution < 1.29 is 9.59 Å². The normalized spacial score (nSPS) is 20.7. The molecule has 0 radical (unpaired) electrons. The molecule has 2 amide bonds. The minimum absolute atomic E-state index is 0.0339. The highest BCUT2D eigenvalue weighted by molar-refractivity contribution is 6.31. The second-order valence-electron chi connectivity index (χ2n) is 7.66. The van der Waals surface area contributed by atoms with Gasteiger partial charge < -0.3 is 10.6 Å². The summed E-state index contributed by atoms with van der Waals surface area (Å²) in [5, 5.41) is 6.66. The smallest absolute Gasteiger partial charge is 0.241 e. The van der Waals surface area contributed by atoms with E-state index in [0.29, 0.717) is 11.1 Å². The first-order valence-corrected chi connectivity index (χ1v) is 10.1. The van der Waals surface area contributed by atoms with E-state index >= 15 is 0 Å². The molecule has 0 spiro atoms. The molecule has 2 N–H and O–H groups in total. The first kappa shape index (κ1) is 20.1. The Balaban J connectivity index is 1.50. The number of amides is 2. The zero-order valence-corrected chi connectivity index (χ0v) is 17.1. The van der Waals surface area contributed by atoms with Gasteiger partial charge in [-0.1, -0.05) is 17.7 Å². The molecule has 27 heavy (non-hydrogen) atoms. The monoisotopic (exact) mass is 392 g/mol. The van der Waals surface area contributed by atoms with Crippen molar-refractivity contribution in [1.82, 2.24) is 15.1 Å². The topological polar surface area (TPSA) is 64.7 Å². The van der Waals surface area contributed by atoms with Gasteiger partial charge >= 0.3 is 0 Å². The molecule has 1 aliphatic heterocycles. The molecular weight excluding hydrogens is 364 g/mol. The second kappa shape index (κ2) is 8.59. The van der Waals surface area contributed by atoms with Gasteiger partial charge in [0.2, 0.25) is 11.8 Å². The van der Waals surface area contributed by atoms with E-state index in [9.17, 15) is 9.59 Å². The van der Waals surface area contributed by atoms with Gasteiger partial charge in [0.05, 0.1) is 12.1 Å². The van der Waals surface area contributed by atoms with Crippen LogP contribution in [0.25, 0.3) is 0 Å². The summed E-state index contributed by atoms with van der Waals surface area (Å²) >= 11 is 6.04. The van der Waals surface area contributed by atoms with Crippen molar-refractivity contribution >= 4 is 29.1 Å². The molecule has 1 aromatic rings. The number of nitrogens with zero attached hydrogens (tertiary/aromatic N) is 2. The molecule has 1 heterocycles. The highest BCUT2D eigenvalue weighted by atomic mass is 35.5. The van der Waals surface area contributed by atoms with Gasteiger partial charge in [-0.05, 0) is 51.3 Å². The number of aryl methyl sites for hydroxylation is 1. The quantitative estimate of drug-likeness (QED) is 0.779. The van der Waals surface area contributed by atoms with Crippen molar-refractivity contribution in [1.29, 1.82) is 0 Å². The molecule has 3 rings (SSSR count). The van der Waals surface area contributed by atoms with Gasteiger partial charge in [0, 0.05) is 42.9 Å². The van der Waals surface area contributed by atoms with E-state index in [1.54, 1.807) is 6.07 Å². The molecule has 1 saturated carbocycles.